The Balaban J connectivity index is 0.000000515. The maximum atomic E-state index is 11.5. The summed E-state index contributed by atoms with van der Waals surface area (Å²) in [5.74, 6) is 6.11. The first-order chi connectivity index (χ1) is 27.1. The zero-order valence-electron chi connectivity index (χ0n) is 36.0. The Morgan fingerprint density at radius 1 is 0.810 bits per heavy atom. The van der Waals surface area contributed by atoms with Crippen molar-refractivity contribution < 1.29 is 23.9 Å². The Labute approximate surface area is 359 Å². The Morgan fingerprint density at radius 3 is 1.67 bits per heavy atom. The van der Waals surface area contributed by atoms with Crippen molar-refractivity contribution >= 4 is 64.9 Å². The van der Waals surface area contributed by atoms with E-state index >= 15 is 0 Å². The molecule has 1 unspecified atom stereocenters. The van der Waals surface area contributed by atoms with E-state index in [2.05, 4.69) is 63.2 Å². The third-order valence-corrected chi connectivity index (χ3v) is 10.5. The van der Waals surface area contributed by atoms with Gasteiger partial charge in [-0.15, -0.1) is 25.6 Å². The summed E-state index contributed by atoms with van der Waals surface area (Å²) in [4.78, 5) is 44.7. The molecule has 0 saturated heterocycles. The highest BCUT2D eigenvalue weighted by Crippen LogP contribution is 2.37. The number of nitrogens with zero attached hydrogens (tertiary/aromatic N) is 6. The Hall–Kier alpha value is -4.48. The highest BCUT2D eigenvalue weighted by atomic mass is 35.5. The first-order valence-electron chi connectivity index (χ1n) is 18.5. The molecule has 16 heteroatoms. The number of benzene rings is 2. The highest BCUT2D eigenvalue weighted by molar-refractivity contribution is 7.15. The zero-order chi connectivity index (χ0) is 42.7. The van der Waals surface area contributed by atoms with Gasteiger partial charge in [-0.3, -0.25) is 9.63 Å². The standard InChI is InChI=1S/C21H30N4O2S.C18H23N3O2S.C3H7NO.ClH/c1-8-10-26-24-17(6)20-16(5)23-21(28-20)27-19-12-14(3)18(11-15(19)4)22-13-25(7)9-2;1-7-21(6)10-19-15-8-12(3)16(9-11(15)2)23-18-20-13(4)17(24-18)14(5)22;1-2-3-5-4;/h8,11-13,17,24H,1,9-10H2,2-7H3;8-10H,7H2,1-6H3;2H,1,3-4H2;1H. The van der Waals surface area contributed by atoms with Gasteiger partial charge in [0.15, 0.2) is 5.78 Å². The van der Waals surface area contributed by atoms with Crippen molar-refractivity contribution in [2.45, 2.75) is 75.3 Å². The molecule has 0 aliphatic rings. The second-order valence-corrected chi connectivity index (χ2v) is 15.0. The average molecular weight is 858 g/mol. The van der Waals surface area contributed by atoms with Crippen LogP contribution in [0.4, 0.5) is 11.4 Å². The minimum Gasteiger partial charge on any atom is -0.431 e. The minimum atomic E-state index is 0. The molecular weight excluding hydrogens is 796 g/mol. The molecule has 2 aromatic carbocycles. The third-order valence-electron chi connectivity index (χ3n) is 8.15. The molecule has 4 aromatic rings. The van der Waals surface area contributed by atoms with E-state index in [0.717, 1.165) is 68.8 Å². The molecule has 2 heterocycles. The van der Waals surface area contributed by atoms with Gasteiger partial charge in [0.05, 0.1) is 64.4 Å². The van der Waals surface area contributed by atoms with Gasteiger partial charge in [0, 0.05) is 34.1 Å². The molecule has 0 aliphatic heterocycles. The molecule has 0 fully saturated rings. The van der Waals surface area contributed by atoms with Gasteiger partial charge in [-0.05, 0) is 109 Å². The van der Waals surface area contributed by atoms with E-state index in [1.54, 1.807) is 19.1 Å². The monoisotopic (exact) mass is 856 g/mol. The molecule has 58 heavy (non-hydrogen) atoms. The van der Waals surface area contributed by atoms with Crippen molar-refractivity contribution in [3.63, 3.8) is 0 Å². The van der Waals surface area contributed by atoms with Gasteiger partial charge >= 0.3 is 0 Å². The van der Waals surface area contributed by atoms with Crippen molar-refractivity contribution in [3.05, 3.63) is 93.0 Å². The number of thiazole rings is 2. The van der Waals surface area contributed by atoms with E-state index in [-0.39, 0.29) is 24.2 Å². The predicted molar refractivity (Wildman–Crippen MR) is 244 cm³/mol. The number of hydrogen-bond donors (Lipinski definition) is 2. The number of aromatic nitrogens is 2. The molecular formula is C42H61ClN8O5S2. The summed E-state index contributed by atoms with van der Waals surface area (Å²) in [5.41, 5.74) is 10.6. The lowest BCUT2D eigenvalue weighted by atomic mass is 10.1. The number of rotatable bonds is 18. The first-order valence-corrected chi connectivity index (χ1v) is 20.1. The number of aliphatic imine (C=N–C) groups is 2. The van der Waals surface area contributed by atoms with E-state index in [9.17, 15) is 4.79 Å². The first kappa shape index (κ1) is 51.5. The molecule has 0 radical (unpaired) electrons. The summed E-state index contributed by atoms with van der Waals surface area (Å²) in [5, 5.41) is 1.11. The van der Waals surface area contributed by atoms with Crippen LogP contribution in [0.5, 0.6) is 21.9 Å². The van der Waals surface area contributed by atoms with Crippen LogP contribution in [0.3, 0.4) is 0 Å². The van der Waals surface area contributed by atoms with Crippen molar-refractivity contribution in [1.82, 2.24) is 25.2 Å². The molecule has 13 nitrogen and oxygen atoms in total. The Morgan fingerprint density at radius 2 is 1.28 bits per heavy atom. The number of aryl methyl sites for hydroxylation is 6. The molecule has 3 N–H and O–H groups in total. The summed E-state index contributed by atoms with van der Waals surface area (Å²) < 4.78 is 12.0. The SMILES string of the molecule is C=CCON.C=CCONC(C)c1sc(Oc2cc(C)c(N=CN(C)CC)cc2C)nc1C.CCN(C)C=Nc1cc(C)c(Oc2nc(C)c(C(C)=O)s2)cc1C.Cl. The Kier molecular flexibility index (Phi) is 23.6. The van der Waals surface area contributed by atoms with Gasteiger partial charge in [-0.1, -0.05) is 34.8 Å². The molecule has 0 amide bonds. The third kappa shape index (κ3) is 16.8. The van der Waals surface area contributed by atoms with Crippen molar-refractivity contribution in [3.8, 4) is 21.9 Å². The summed E-state index contributed by atoms with van der Waals surface area (Å²) in [6, 6.07) is 8.03. The minimum absolute atomic E-state index is 0. The smallest absolute Gasteiger partial charge is 0.279 e. The molecule has 1 atom stereocenters. The van der Waals surface area contributed by atoms with Crippen LogP contribution in [0, 0.1) is 41.5 Å². The lowest BCUT2D eigenvalue weighted by Crippen LogP contribution is -2.18. The van der Waals surface area contributed by atoms with Crippen LogP contribution in [0.2, 0.25) is 0 Å². The maximum absolute atomic E-state index is 11.5. The van der Waals surface area contributed by atoms with Crippen molar-refractivity contribution in [1.29, 1.82) is 0 Å². The lowest BCUT2D eigenvalue weighted by molar-refractivity contribution is 0.0398. The lowest BCUT2D eigenvalue weighted by Gasteiger charge is -2.12. The van der Waals surface area contributed by atoms with Crippen molar-refractivity contribution in [2.75, 3.05) is 40.4 Å². The van der Waals surface area contributed by atoms with Crippen LogP contribution in [-0.2, 0) is 9.68 Å². The number of Topliss-reactive ketones (excluding diaryl/α,β-unsaturated/α-hetero) is 1. The normalized spacial score (nSPS) is 11.2. The largest absolute Gasteiger partial charge is 0.431 e. The number of ketones is 1. The number of carbonyl (C=O) groups excluding carboxylic acids is 1. The molecule has 0 spiro atoms. The van der Waals surface area contributed by atoms with Crippen LogP contribution < -0.4 is 20.9 Å². The molecule has 0 saturated carbocycles. The number of halogens is 1. The number of carbonyl (C=O) groups is 1. The van der Waals surface area contributed by atoms with E-state index < -0.39 is 0 Å². The Bertz CT molecular complexity index is 1980. The van der Waals surface area contributed by atoms with Gasteiger partial charge in [-0.25, -0.2) is 25.8 Å². The second kappa shape index (κ2) is 26.5. The number of hydrogen-bond acceptors (Lipinski definition) is 13. The molecule has 0 aliphatic carbocycles. The summed E-state index contributed by atoms with van der Waals surface area (Å²) in [6.07, 6.45) is 6.96. The highest BCUT2D eigenvalue weighted by Gasteiger charge is 2.17. The van der Waals surface area contributed by atoms with Crippen LogP contribution in [0.1, 0.15) is 81.9 Å². The fourth-order valence-corrected chi connectivity index (χ4v) is 6.39. The van der Waals surface area contributed by atoms with E-state index in [1.807, 2.05) is 109 Å². The molecule has 2 aromatic heterocycles. The van der Waals surface area contributed by atoms with Crippen LogP contribution in [0.25, 0.3) is 0 Å². The summed E-state index contributed by atoms with van der Waals surface area (Å²) >= 11 is 2.80. The predicted octanol–water partition coefficient (Wildman–Crippen LogP) is 10.4. The number of ether oxygens (including phenoxy) is 2. The van der Waals surface area contributed by atoms with E-state index in [1.165, 1.54) is 22.7 Å². The average Bonchev–Trinajstić information content (AvgIpc) is 3.74. The fraction of sp³-hybridized carbons (Fsp3) is 0.405. The van der Waals surface area contributed by atoms with Gasteiger partial charge in [0.1, 0.15) is 11.5 Å². The molecule has 0 bridgehead atoms. The van der Waals surface area contributed by atoms with E-state index in [4.69, 9.17) is 14.3 Å². The zero-order valence-corrected chi connectivity index (χ0v) is 38.4. The summed E-state index contributed by atoms with van der Waals surface area (Å²) in [6.45, 7) is 29.3. The van der Waals surface area contributed by atoms with Gasteiger partial charge in [0.2, 0.25) is 0 Å². The second-order valence-electron chi connectivity index (χ2n) is 13.1. The molecule has 318 valence electrons. The number of hydroxylamine groups is 1. The van der Waals surface area contributed by atoms with Gasteiger partial charge in [-0.2, -0.15) is 5.48 Å². The van der Waals surface area contributed by atoms with E-state index in [0.29, 0.717) is 34.2 Å². The van der Waals surface area contributed by atoms with Crippen molar-refractivity contribution in [2.24, 2.45) is 15.9 Å². The molecule has 4 rings (SSSR count). The number of nitrogens with two attached hydrogens (primary N) is 1. The van der Waals surface area contributed by atoms with Gasteiger partial charge < -0.3 is 24.1 Å². The summed E-state index contributed by atoms with van der Waals surface area (Å²) in [7, 11) is 3.99. The topological polar surface area (TPSA) is 149 Å². The maximum Gasteiger partial charge on any atom is 0.279 e. The van der Waals surface area contributed by atoms with Crippen LogP contribution in [0.15, 0.2) is 59.6 Å². The van der Waals surface area contributed by atoms with Crippen LogP contribution in [-0.4, -0.2) is 78.6 Å². The number of nitrogens with one attached hydrogen (secondary N) is 1. The fourth-order valence-electron chi connectivity index (χ4n) is 4.64. The van der Waals surface area contributed by atoms with Crippen LogP contribution >= 0.6 is 35.1 Å². The quantitative estimate of drug-likeness (QED) is 0.0246. The van der Waals surface area contributed by atoms with Gasteiger partial charge in [0.25, 0.3) is 10.4 Å².